The number of hydrogen-bond acceptors (Lipinski definition) is 4. The minimum absolute atomic E-state index is 0.212. The van der Waals surface area contributed by atoms with Gasteiger partial charge in [-0.15, -0.1) is 0 Å². The number of rotatable bonds is 2. The number of aromatic nitrogens is 2. The minimum atomic E-state index is -0.573. The van der Waals surface area contributed by atoms with Crippen molar-refractivity contribution in [1.29, 1.82) is 0 Å². The molecule has 92 valence electrons. The van der Waals surface area contributed by atoms with Crippen molar-refractivity contribution in [3.05, 3.63) is 18.0 Å². The number of carbonyl (C=O) groups excluding carboxylic acids is 2. The molecule has 0 aliphatic carbocycles. The first kappa shape index (κ1) is 11.6. The van der Waals surface area contributed by atoms with E-state index in [2.05, 4.69) is 15.5 Å². The zero-order valence-electron chi connectivity index (χ0n) is 9.47. The summed E-state index contributed by atoms with van der Waals surface area (Å²) in [7, 11) is 1.54. The number of carbonyl (C=O) groups is 2. The topological polar surface area (TPSA) is 87.3 Å². The highest BCUT2D eigenvalue weighted by molar-refractivity contribution is 5.97. The fourth-order valence-electron chi connectivity index (χ4n) is 1.76. The van der Waals surface area contributed by atoms with Crippen molar-refractivity contribution in [3.8, 4) is 0 Å². The van der Waals surface area contributed by atoms with Gasteiger partial charge >= 0.3 is 0 Å². The fourth-order valence-corrected chi connectivity index (χ4v) is 1.76. The molecular formula is C10H14N4O3. The molecule has 7 heteroatoms. The maximum atomic E-state index is 12.1. The Labute approximate surface area is 98.1 Å². The third kappa shape index (κ3) is 2.28. The van der Waals surface area contributed by atoms with E-state index in [9.17, 15) is 9.59 Å². The van der Waals surface area contributed by atoms with E-state index in [1.807, 2.05) is 0 Å². The van der Waals surface area contributed by atoms with Crippen LogP contribution in [0, 0.1) is 0 Å². The molecule has 0 radical (unpaired) electrons. The molecule has 1 aromatic heterocycles. The molecule has 1 atom stereocenters. The third-order valence-corrected chi connectivity index (χ3v) is 2.68. The van der Waals surface area contributed by atoms with Crippen LogP contribution in [0.15, 0.2) is 12.4 Å². The number of nitrogens with zero attached hydrogens (tertiary/aromatic N) is 2. The highest BCUT2D eigenvalue weighted by Crippen LogP contribution is 2.11. The molecule has 1 aliphatic heterocycles. The first-order valence-corrected chi connectivity index (χ1v) is 5.33. The van der Waals surface area contributed by atoms with Crippen molar-refractivity contribution in [3.63, 3.8) is 0 Å². The van der Waals surface area contributed by atoms with Crippen LogP contribution in [0.25, 0.3) is 0 Å². The predicted molar refractivity (Wildman–Crippen MR) is 58.3 cm³/mol. The van der Waals surface area contributed by atoms with Crippen LogP contribution in [0.1, 0.15) is 10.4 Å². The van der Waals surface area contributed by atoms with E-state index >= 15 is 0 Å². The Kier molecular flexibility index (Phi) is 3.38. The molecule has 1 fully saturated rings. The number of likely N-dealkylation sites (N-methyl/N-ethyl adjacent to an activating group) is 1. The van der Waals surface area contributed by atoms with Gasteiger partial charge in [-0.1, -0.05) is 0 Å². The van der Waals surface area contributed by atoms with Crippen molar-refractivity contribution in [2.45, 2.75) is 6.04 Å². The number of amides is 2. The largest absolute Gasteiger partial charge is 0.377 e. The average molecular weight is 238 g/mol. The number of aromatic amines is 1. The molecule has 2 rings (SSSR count). The predicted octanol–water partition coefficient (Wildman–Crippen LogP) is -1.00. The molecule has 0 spiro atoms. The van der Waals surface area contributed by atoms with Gasteiger partial charge < -0.3 is 15.0 Å². The lowest BCUT2D eigenvalue weighted by Gasteiger charge is -2.33. The van der Waals surface area contributed by atoms with Gasteiger partial charge in [0.05, 0.1) is 25.0 Å². The van der Waals surface area contributed by atoms with Crippen molar-refractivity contribution < 1.29 is 14.3 Å². The molecule has 2 N–H and O–H groups in total. The second-order valence-corrected chi connectivity index (χ2v) is 3.69. The summed E-state index contributed by atoms with van der Waals surface area (Å²) in [6, 6.07) is -0.573. The van der Waals surface area contributed by atoms with E-state index in [0.29, 0.717) is 18.7 Å². The summed E-state index contributed by atoms with van der Waals surface area (Å²) in [6.07, 6.45) is 2.96. The first-order valence-electron chi connectivity index (χ1n) is 5.33. The van der Waals surface area contributed by atoms with Crippen LogP contribution in [-0.4, -0.2) is 59.8 Å². The summed E-state index contributed by atoms with van der Waals surface area (Å²) in [4.78, 5) is 25.3. The zero-order chi connectivity index (χ0) is 12.3. The van der Waals surface area contributed by atoms with Gasteiger partial charge in [-0.05, 0) is 0 Å². The monoisotopic (exact) mass is 238 g/mol. The maximum Gasteiger partial charge on any atom is 0.257 e. The fraction of sp³-hybridized carbons (Fsp3) is 0.500. The molecular weight excluding hydrogens is 224 g/mol. The van der Waals surface area contributed by atoms with Gasteiger partial charge in [-0.2, -0.15) is 5.10 Å². The number of nitrogens with one attached hydrogen (secondary N) is 2. The summed E-state index contributed by atoms with van der Waals surface area (Å²) in [5.41, 5.74) is 0.445. The molecule has 0 aromatic carbocycles. The van der Waals surface area contributed by atoms with Crippen LogP contribution in [0.2, 0.25) is 0 Å². The van der Waals surface area contributed by atoms with Crippen molar-refractivity contribution >= 4 is 11.8 Å². The highest BCUT2D eigenvalue weighted by atomic mass is 16.5. The Morgan fingerprint density at radius 3 is 3.12 bits per heavy atom. The summed E-state index contributed by atoms with van der Waals surface area (Å²) in [6.45, 7) is 1.07. The number of ether oxygens (including phenoxy) is 1. The van der Waals surface area contributed by atoms with Crippen LogP contribution in [0.4, 0.5) is 0 Å². The van der Waals surface area contributed by atoms with E-state index in [0.717, 1.165) is 0 Å². The van der Waals surface area contributed by atoms with E-state index in [1.54, 1.807) is 0 Å². The van der Waals surface area contributed by atoms with Gasteiger partial charge in [-0.3, -0.25) is 14.7 Å². The Bertz CT molecular complexity index is 404. The van der Waals surface area contributed by atoms with Crippen LogP contribution < -0.4 is 5.32 Å². The minimum Gasteiger partial charge on any atom is -0.377 e. The van der Waals surface area contributed by atoms with E-state index < -0.39 is 6.04 Å². The van der Waals surface area contributed by atoms with Gasteiger partial charge in [0.15, 0.2) is 0 Å². The summed E-state index contributed by atoms with van der Waals surface area (Å²) >= 11 is 0. The summed E-state index contributed by atoms with van der Waals surface area (Å²) < 4.78 is 5.22. The van der Waals surface area contributed by atoms with Crippen LogP contribution >= 0.6 is 0 Å². The van der Waals surface area contributed by atoms with Gasteiger partial charge in [0, 0.05) is 19.8 Å². The van der Waals surface area contributed by atoms with Gasteiger partial charge in [0.1, 0.15) is 6.04 Å². The Balaban J connectivity index is 2.16. The Morgan fingerprint density at radius 1 is 1.65 bits per heavy atom. The zero-order valence-corrected chi connectivity index (χ0v) is 9.47. The molecule has 0 saturated carbocycles. The Morgan fingerprint density at radius 2 is 2.47 bits per heavy atom. The third-order valence-electron chi connectivity index (χ3n) is 2.68. The molecule has 17 heavy (non-hydrogen) atoms. The SMILES string of the molecule is CNC(=O)C1COCCN1C(=O)c1cn[nH]c1. The average Bonchev–Trinajstić information content (AvgIpc) is 2.91. The van der Waals surface area contributed by atoms with E-state index in [1.165, 1.54) is 24.3 Å². The Hall–Kier alpha value is -1.89. The van der Waals surface area contributed by atoms with Gasteiger partial charge in [0.25, 0.3) is 5.91 Å². The summed E-state index contributed by atoms with van der Waals surface area (Å²) in [5, 5.41) is 8.83. The molecule has 0 bridgehead atoms. The van der Waals surface area contributed by atoms with Crippen LogP contribution in [0.5, 0.6) is 0 Å². The number of morpholine rings is 1. The smallest absolute Gasteiger partial charge is 0.257 e. The van der Waals surface area contributed by atoms with E-state index in [-0.39, 0.29) is 18.4 Å². The van der Waals surface area contributed by atoms with Gasteiger partial charge in [0.2, 0.25) is 5.91 Å². The standard InChI is InChI=1S/C10H14N4O3/c1-11-9(15)8-6-17-3-2-14(8)10(16)7-4-12-13-5-7/h4-5,8H,2-3,6H2,1H3,(H,11,15)(H,12,13). The number of H-pyrrole nitrogens is 1. The molecule has 7 nitrogen and oxygen atoms in total. The highest BCUT2D eigenvalue weighted by Gasteiger charge is 2.32. The van der Waals surface area contributed by atoms with Crippen molar-refractivity contribution in [2.24, 2.45) is 0 Å². The lowest BCUT2D eigenvalue weighted by Crippen LogP contribution is -2.55. The molecule has 1 aliphatic rings. The van der Waals surface area contributed by atoms with Crippen molar-refractivity contribution in [1.82, 2.24) is 20.4 Å². The molecule has 2 heterocycles. The van der Waals surface area contributed by atoms with Crippen molar-refractivity contribution in [2.75, 3.05) is 26.8 Å². The second-order valence-electron chi connectivity index (χ2n) is 3.69. The van der Waals surface area contributed by atoms with Crippen LogP contribution in [-0.2, 0) is 9.53 Å². The maximum absolute atomic E-state index is 12.1. The second kappa shape index (κ2) is 4.96. The normalized spacial score (nSPS) is 20.1. The molecule has 1 aromatic rings. The molecule has 2 amide bonds. The van der Waals surface area contributed by atoms with Crippen LogP contribution in [0.3, 0.4) is 0 Å². The lowest BCUT2D eigenvalue weighted by atomic mass is 10.2. The number of hydrogen-bond donors (Lipinski definition) is 2. The van der Waals surface area contributed by atoms with Gasteiger partial charge in [-0.25, -0.2) is 0 Å². The molecule has 1 unspecified atom stereocenters. The summed E-state index contributed by atoms with van der Waals surface area (Å²) in [5.74, 6) is -0.433. The quantitative estimate of drug-likeness (QED) is 0.691. The van der Waals surface area contributed by atoms with E-state index in [4.69, 9.17) is 4.74 Å². The molecule has 1 saturated heterocycles. The first-order chi connectivity index (χ1) is 8.24. The lowest BCUT2D eigenvalue weighted by molar-refractivity contribution is -0.130.